The number of hydrogen-bond acceptors (Lipinski definition) is 3. The third-order valence-electron chi connectivity index (χ3n) is 4.08. The van der Waals surface area contributed by atoms with Gasteiger partial charge in [0.2, 0.25) is 5.91 Å². The zero-order chi connectivity index (χ0) is 17.4. The standard InChI is InChI=1S/C14H18F3N3O3/c1-8-11(9(2)20(18-8)7-14(15,16)17)5-12(21)19-4-3-10(6-19)13(22)23/h10H,3-7H2,1-2H3,(H,22,23). The Labute approximate surface area is 130 Å². The molecular weight excluding hydrogens is 315 g/mol. The predicted molar refractivity (Wildman–Crippen MR) is 73.8 cm³/mol. The number of rotatable bonds is 4. The molecule has 0 bridgehead atoms. The molecule has 0 aromatic carbocycles. The molecule has 1 aromatic rings. The second-order valence-corrected chi connectivity index (χ2v) is 5.76. The number of aromatic nitrogens is 2. The lowest BCUT2D eigenvalue weighted by Gasteiger charge is -2.16. The van der Waals surface area contributed by atoms with E-state index < -0.39 is 24.6 Å². The van der Waals surface area contributed by atoms with Gasteiger partial charge in [-0.05, 0) is 20.3 Å². The van der Waals surface area contributed by atoms with Crippen molar-refractivity contribution < 1.29 is 27.9 Å². The molecule has 23 heavy (non-hydrogen) atoms. The number of likely N-dealkylation sites (tertiary alicyclic amines) is 1. The van der Waals surface area contributed by atoms with Gasteiger partial charge >= 0.3 is 12.1 Å². The van der Waals surface area contributed by atoms with Crippen molar-refractivity contribution in [2.75, 3.05) is 13.1 Å². The molecule has 0 spiro atoms. The highest BCUT2D eigenvalue weighted by Crippen LogP contribution is 2.23. The first-order chi connectivity index (χ1) is 10.6. The molecule has 1 aliphatic rings. The molecule has 1 N–H and O–H groups in total. The molecule has 1 atom stereocenters. The van der Waals surface area contributed by atoms with Crippen molar-refractivity contribution in [3.63, 3.8) is 0 Å². The van der Waals surface area contributed by atoms with Gasteiger partial charge in [-0.3, -0.25) is 14.3 Å². The van der Waals surface area contributed by atoms with Crippen molar-refractivity contribution in [2.24, 2.45) is 5.92 Å². The van der Waals surface area contributed by atoms with Gasteiger partial charge < -0.3 is 10.0 Å². The molecule has 1 aliphatic heterocycles. The summed E-state index contributed by atoms with van der Waals surface area (Å²) in [4.78, 5) is 24.6. The second-order valence-electron chi connectivity index (χ2n) is 5.76. The topological polar surface area (TPSA) is 75.4 Å². The first-order valence-corrected chi connectivity index (χ1v) is 7.18. The molecule has 2 rings (SSSR count). The smallest absolute Gasteiger partial charge is 0.408 e. The summed E-state index contributed by atoms with van der Waals surface area (Å²) in [5.74, 6) is -1.80. The maximum Gasteiger partial charge on any atom is 0.408 e. The minimum Gasteiger partial charge on any atom is -0.481 e. The lowest BCUT2D eigenvalue weighted by molar-refractivity contribution is -0.143. The zero-order valence-electron chi connectivity index (χ0n) is 12.9. The number of carboxylic acids is 1. The van der Waals surface area contributed by atoms with Gasteiger partial charge in [0.1, 0.15) is 6.54 Å². The summed E-state index contributed by atoms with van der Waals surface area (Å²) in [6.07, 6.45) is -4.05. The Bertz CT molecular complexity index is 625. The fourth-order valence-corrected chi connectivity index (χ4v) is 2.76. The second kappa shape index (κ2) is 6.21. The van der Waals surface area contributed by atoms with E-state index in [4.69, 9.17) is 5.11 Å². The minimum absolute atomic E-state index is 0.0676. The SMILES string of the molecule is Cc1nn(CC(F)(F)F)c(C)c1CC(=O)N1CCC(C(=O)O)C1. The Hall–Kier alpha value is -2.06. The van der Waals surface area contributed by atoms with Crippen LogP contribution in [0.2, 0.25) is 0 Å². The number of aryl methyl sites for hydroxylation is 1. The quantitative estimate of drug-likeness (QED) is 0.907. The average Bonchev–Trinajstić information content (AvgIpc) is 2.99. The van der Waals surface area contributed by atoms with Crippen LogP contribution in [0, 0.1) is 19.8 Å². The van der Waals surface area contributed by atoms with E-state index in [1.807, 2.05) is 0 Å². The molecule has 1 saturated heterocycles. The third kappa shape index (κ3) is 4.02. The van der Waals surface area contributed by atoms with Crippen molar-refractivity contribution in [2.45, 2.75) is 39.4 Å². The molecule has 1 aromatic heterocycles. The molecular formula is C14H18F3N3O3. The number of nitrogens with zero attached hydrogens (tertiary/aromatic N) is 3. The number of carbonyl (C=O) groups is 2. The van der Waals surface area contributed by atoms with Gasteiger partial charge in [-0.1, -0.05) is 0 Å². The molecule has 6 nitrogen and oxygen atoms in total. The number of carbonyl (C=O) groups excluding carboxylic acids is 1. The summed E-state index contributed by atoms with van der Waals surface area (Å²) in [7, 11) is 0. The van der Waals surface area contributed by atoms with Crippen LogP contribution in [0.25, 0.3) is 0 Å². The van der Waals surface area contributed by atoms with E-state index in [0.29, 0.717) is 29.9 Å². The fraction of sp³-hybridized carbons (Fsp3) is 0.643. The van der Waals surface area contributed by atoms with E-state index in [1.165, 1.54) is 11.8 Å². The summed E-state index contributed by atoms with van der Waals surface area (Å²) in [6.45, 7) is 2.36. The van der Waals surface area contributed by atoms with Crippen LogP contribution in [-0.2, 0) is 22.6 Å². The van der Waals surface area contributed by atoms with E-state index in [9.17, 15) is 22.8 Å². The molecule has 1 unspecified atom stereocenters. The van der Waals surface area contributed by atoms with Crippen LogP contribution in [-0.4, -0.2) is 50.9 Å². The van der Waals surface area contributed by atoms with E-state index in [2.05, 4.69) is 5.10 Å². The zero-order valence-corrected chi connectivity index (χ0v) is 12.9. The van der Waals surface area contributed by atoms with Crippen LogP contribution >= 0.6 is 0 Å². The Kier molecular flexibility index (Phi) is 4.67. The van der Waals surface area contributed by atoms with Crippen LogP contribution in [0.1, 0.15) is 23.4 Å². The highest BCUT2D eigenvalue weighted by molar-refractivity contribution is 5.81. The molecule has 1 fully saturated rings. The van der Waals surface area contributed by atoms with Crippen LogP contribution in [0.4, 0.5) is 13.2 Å². The van der Waals surface area contributed by atoms with Crippen molar-refractivity contribution in [1.29, 1.82) is 0 Å². The van der Waals surface area contributed by atoms with Gasteiger partial charge in [0.05, 0.1) is 18.0 Å². The van der Waals surface area contributed by atoms with Crippen LogP contribution in [0.15, 0.2) is 0 Å². The highest BCUT2D eigenvalue weighted by Gasteiger charge is 2.33. The maximum absolute atomic E-state index is 12.5. The van der Waals surface area contributed by atoms with Crippen molar-refractivity contribution in [3.8, 4) is 0 Å². The van der Waals surface area contributed by atoms with Crippen molar-refractivity contribution in [1.82, 2.24) is 14.7 Å². The predicted octanol–water partition coefficient (Wildman–Crippen LogP) is 1.54. The van der Waals surface area contributed by atoms with Gasteiger partial charge in [-0.25, -0.2) is 0 Å². The van der Waals surface area contributed by atoms with Crippen molar-refractivity contribution >= 4 is 11.9 Å². The average molecular weight is 333 g/mol. The highest BCUT2D eigenvalue weighted by atomic mass is 19.4. The third-order valence-corrected chi connectivity index (χ3v) is 4.08. The van der Waals surface area contributed by atoms with Gasteiger partial charge in [0, 0.05) is 24.3 Å². The number of carboxylic acid groups (broad SMARTS) is 1. The number of alkyl halides is 3. The fourth-order valence-electron chi connectivity index (χ4n) is 2.76. The van der Waals surface area contributed by atoms with Gasteiger partial charge in [-0.15, -0.1) is 0 Å². The largest absolute Gasteiger partial charge is 0.481 e. The molecule has 0 radical (unpaired) electrons. The molecule has 0 aliphatic carbocycles. The first-order valence-electron chi connectivity index (χ1n) is 7.18. The van der Waals surface area contributed by atoms with E-state index >= 15 is 0 Å². The summed E-state index contributed by atoms with van der Waals surface area (Å²) < 4.78 is 38.3. The first kappa shape index (κ1) is 17.3. The van der Waals surface area contributed by atoms with Crippen LogP contribution in [0.5, 0.6) is 0 Å². The van der Waals surface area contributed by atoms with Gasteiger partial charge in [0.25, 0.3) is 0 Å². The minimum atomic E-state index is -4.38. The lowest BCUT2D eigenvalue weighted by Crippen LogP contribution is -2.31. The van der Waals surface area contributed by atoms with Gasteiger partial charge in [0.15, 0.2) is 0 Å². The van der Waals surface area contributed by atoms with E-state index in [1.54, 1.807) is 6.92 Å². The Balaban J connectivity index is 2.08. The number of aliphatic carboxylic acids is 1. The lowest BCUT2D eigenvalue weighted by atomic mass is 10.1. The monoisotopic (exact) mass is 333 g/mol. The normalized spacial score (nSPS) is 18.5. The van der Waals surface area contributed by atoms with Crippen LogP contribution < -0.4 is 0 Å². The summed E-state index contributed by atoms with van der Waals surface area (Å²) in [6, 6.07) is 0. The Morgan fingerprint density at radius 3 is 2.52 bits per heavy atom. The number of halogens is 3. The maximum atomic E-state index is 12.5. The van der Waals surface area contributed by atoms with Crippen molar-refractivity contribution in [3.05, 3.63) is 17.0 Å². The molecule has 1 amide bonds. The molecule has 128 valence electrons. The molecule has 9 heteroatoms. The number of hydrogen-bond donors (Lipinski definition) is 1. The van der Waals surface area contributed by atoms with Gasteiger partial charge in [-0.2, -0.15) is 18.3 Å². The molecule has 0 saturated carbocycles. The Morgan fingerprint density at radius 2 is 2.00 bits per heavy atom. The van der Waals surface area contributed by atoms with E-state index in [-0.39, 0.29) is 18.9 Å². The number of amides is 1. The summed E-state index contributed by atoms with van der Waals surface area (Å²) >= 11 is 0. The molecule has 2 heterocycles. The summed E-state index contributed by atoms with van der Waals surface area (Å²) in [5, 5.41) is 12.8. The van der Waals surface area contributed by atoms with E-state index in [0.717, 1.165) is 4.68 Å². The summed E-state index contributed by atoms with van der Waals surface area (Å²) in [5.41, 5.74) is 1.16. The Morgan fingerprint density at radius 1 is 1.35 bits per heavy atom. The van der Waals surface area contributed by atoms with Crippen LogP contribution in [0.3, 0.4) is 0 Å².